The normalized spacial score (nSPS) is 10.4. The molecule has 0 saturated carbocycles. The molecule has 1 N–H and O–H groups in total. The van der Waals surface area contributed by atoms with Crippen LogP contribution in [0.25, 0.3) is 0 Å². The first kappa shape index (κ1) is 17.5. The molecule has 0 heterocycles. The lowest BCUT2D eigenvalue weighted by Crippen LogP contribution is -2.35. The van der Waals surface area contributed by atoms with Crippen LogP contribution in [0.1, 0.15) is 12.0 Å². The van der Waals surface area contributed by atoms with E-state index in [9.17, 15) is 9.59 Å². The monoisotopic (exact) mass is 311 g/mol. The number of carbonyl (C=O) groups excluding carboxylic acids is 1. The van der Waals surface area contributed by atoms with Crippen molar-refractivity contribution in [1.82, 2.24) is 0 Å². The zero-order valence-electron chi connectivity index (χ0n) is 12.4. The lowest BCUT2D eigenvalue weighted by molar-refractivity contribution is -0.136. The summed E-state index contributed by atoms with van der Waals surface area (Å²) >= 11 is 1.49. The van der Waals surface area contributed by atoms with E-state index in [0.717, 1.165) is 17.0 Å². The first-order valence-corrected chi connectivity index (χ1v) is 7.86. The van der Waals surface area contributed by atoms with Crippen LogP contribution in [-0.2, 0) is 14.3 Å². The maximum atomic E-state index is 12.3. The number of para-hydroxylation sites is 1. The highest BCUT2D eigenvalue weighted by Crippen LogP contribution is 2.21. The minimum absolute atomic E-state index is 0.0667. The molecule has 0 spiro atoms. The predicted molar refractivity (Wildman–Crippen MR) is 85.0 cm³/mol. The van der Waals surface area contributed by atoms with Gasteiger partial charge in [-0.25, -0.2) is 0 Å². The Kier molecular flexibility index (Phi) is 7.85. The molecule has 6 heteroatoms. The summed E-state index contributed by atoms with van der Waals surface area (Å²) in [6, 6.07) is 7.50. The van der Waals surface area contributed by atoms with Gasteiger partial charge in [0.25, 0.3) is 0 Å². The summed E-state index contributed by atoms with van der Waals surface area (Å²) in [5.74, 6) is 0.0696. The number of aryl methyl sites for hydroxylation is 1. The molecule has 0 fully saturated rings. The fourth-order valence-corrected chi connectivity index (χ4v) is 2.59. The van der Waals surface area contributed by atoms with Crippen molar-refractivity contribution in [1.29, 1.82) is 0 Å². The molecule has 5 nitrogen and oxygen atoms in total. The van der Waals surface area contributed by atoms with E-state index in [-0.39, 0.29) is 18.9 Å². The SMILES string of the molecule is COCCSCC(=O)N(CCC(=O)O)c1ccccc1C. The molecule has 0 atom stereocenters. The van der Waals surface area contributed by atoms with Crippen molar-refractivity contribution in [2.24, 2.45) is 0 Å². The average molecular weight is 311 g/mol. The van der Waals surface area contributed by atoms with Gasteiger partial charge in [0.15, 0.2) is 0 Å². The quantitative estimate of drug-likeness (QED) is 0.708. The number of nitrogens with zero attached hydrogens (tertiary/aromatic N) is 1. The van der Waals surface area contributed by atoms with E-state index in [4.69, 9.17) is 9.84 Å². The Hall–Kier alpha value is -1.53. The number of carboxylic acids is 1. The van der Waals surface area contributed by atoms with Gasteiger partial charge >= 0.3 is 5.97 Å². The molecular weight excluding hydrogens is 290 g/mol. The summed E-state index contributed by atoms with van der Waals surface area (Å²) in [6.45, 7) is 2.69. The summed E-state index contributed by atoms with van der Waals surface area (Å²) in [4.78, 5) is 24.7. The zero-order valence-corrected chi connectivity index (χ0v) is 13.2. The van der Waals surface area contributed by atoms with Gasteiger partial charge in [0.1, 0.15) is 0 Å². The third-order valence-corrected chi connectivity index (χ3v) is 3.82. The summed E-state index contributed by atoms with van der Waals surface area (Å²) < 4.78 is 4.94. The Morgan fingerprint density at radius 2 is 2.05 bits per heavy atom. The number of hydrogen-bond acceptors (Lipinski definition) is 4. The van der Waals surface area contributed by atoms with Gasteiger partial charge in [0.2, 0.25) is 5.91 Å². The highest BCUT2D eigenvalue weighted by atomic mass is 32.2. The fraction of sp³-hybridized carbons (Fsp3) is 0.467. The standard InChI is InChI=1S/C15H21NO4S/c1-12-5-3-4-6-13(12)16(8-7-15(18)19)14(17)11-21-10-9-20-2/h3-6H,7-11H2,1-2H3,(H,18,19). The van der Waals surface area contributed by atoms with E-state index in [2.05, 4.69) is 0 Å². The number of benzene rings is 1. The molecule has 21 heavy (non-hydrogen) atoms. The number of carbonyl (C=O) groups is 2. The Balaban J connectivity index is 2.74. The van der Waals surface area contributed by atoms with Crippen molar-refractivity contribution >= 4 is 29.3 Å². The minimum Gasteiger partial charge on any atom is -0.481 e. The molecule has 0 aliphatic rings. The second-order valence-corrected chi connectivity index (χ2v) is 5.63. The molecule has 0 bridgehead atoms. The van der Waals surface area contributed by atoms with E-state index in [0.29, 0.717) is 12.4 Å². The molecule has 116 valence electrons. The molecule has 0 aromatic heterocycles. The second-order valence-electron chi connectivity index (χ2n) is 4.52. The van der Waals surface area contributed by atoms with Crippen molar-refractivity contribution in [3.8, 4) is 0 Å². The largest absolute Gasteiger partial charge is 0.481 e. The van der Waals surface area contributed by atoms with Crippen LogP contribution >= 0.6 is 11.8 Å². The molecule has 0 aliphatic carbocycles. The summed E-state index contributed by atoms with van der Waals surface area (Å²) in [5.41, 5.74) is 1.73. The van der Waals surface area contributed by atoms with Gasteiger partial charge in [-0.1, -0.05) is 18.2 Å². The number of aliphatic carboxylic acids is 1. The highest BCUT2D eigenvalue weighted by Gasteiger charge is 2.18. The molecule has 1 aromatic rings. The Labute approximate surface area is 129 Å². The second kappa shape index (κ2) is 9.41. The van der Waals surface area contributed by atoms with Crippen molar-refractivity contribution in [3.05, 3.63) is 29.8 Å². The summed E-state index contributed by atoms with van der Waals surface area (Å²) in [5, 5.41) is 8.85. The van der Waals surface area contributed by atoms with Gasteiger partial charge in [-0.05, 0) is 18.6 Å². The number of anilines is 1. The minimum atomic E-state index is -0.909. The number of amides is 1. The van der Waals surface area contributed by atoms with Gasteiger partial charge in [0, 0.05) is 25.1 Å². The van der Waals surface area contributed by atoms with E-state index in [1.165, 1.54) is 11.8 Å². The highest BCUT2D eigenvalue weighted by molar-refractivity contribution is 7.99. The third-order valence-electron chi connectivity index (χ3n) is 2.91. The van der Waals surface area contributed by atoms with Gasteiger partial charge < -0.3 is 14.7 Å². The first-order valence-electron chi connectivity index (χ1n) is 6.70. The fourth-order valence-electron chi connectivity index (χ4n) is 1.83. The summed E-state index contributed by atoms with van der Waals surface area (Å²) in [7, 11) is 1.62. The van der Waals surface area contributed by atoms with Crippen LogP contribution < -0.4 is 4.90 Å². The average Bonchev–Trinajstić information content (AvgIpc) is 2.45. The van der Waals surface area contributed by atoms with E-state index in [1.54, 1.807) is 12.0 Å². The molecule has 0 saturated heterocycles. The van der Waals surface area contributed by atoms with Crippen LogP contribution in [0.2, 0.25) is 0 Å². The van der Waals surface area contributed by atoms with Crippen LogP contribution in [-0.4, -0.2) is 48.8 Å². The topological polar surface area (TPSA) is 66.8 Å². The zero-order chi connectivity index (χ0) is 15.7. The number of hydrogen-bond donors (Lipinski definition) is 1. The number of ether oxygens (including phenoxy) is 1. The maximum absolute atomic E-state index is 12.3. The van der Waals surface area contributed by atoms with Crippen LogP contribution in [0.3, 0.4) is 0 Å². The molecule has 0 aliphatic heterocycles. The predicted octanol–water partition coefficient (Wildman–Crippen LogP) is 2.18. The lowest BCUT2D eigenvalue weighted by atomic mass is 10.1. The van der Waals surface area contributed by atoms with Crippen LogP contribution in [0, 0.1) is 6.92 Å². The van der Waals surface area contributed by atoms with Gasteiger partial charge in [0.05, 0.1) is 18.8 Å². The van der Waals surface area contributed by atoms with E-state index >= 15 is 0 Å². The van der Waals surface area contributed by atoms with Crippen molar-refractivity contribution in [2.75, 3.05) is 36.7 Å². The summed E-state index contributed by atoms with van der Waals surface area (Å²) in [6.07, 6.45) is -0.0667. The van der Waals surface area contributed by atoms with Crippen molar-refractivity contribution in [2.45, 2.75) is 13.3 Å². The smallest absolute Gasteiger partial charge is 0.305 e. The Morgan fingerprint density at radius 3 is 2.67 bits per heavy atom. The van der Waals surface area contributed by atoms with E-state index in [1.807, 2.05) is 31.2 Å². The van der Waals surface area contributed by atoms with Gasteiger partial charge in [-0.2, -0.15) is 0 Å². The lowest BCUT2D eigenvalue weighted by Gasteiger charge is -2.24. The van der Waals surface area contributed by atoms with Gasteiger partial charge in [-0.3, -0.25) is 9.59 Å². The molecule has 1 rings (SSSR count). The number of methoxy groups -OCH3 is 1. The Bertz CT molecular complexity index is 478. The maximum Gasteiger partial charge on any atom is 0.305 e. The number of carboxylic acid groups (broad SMARTS) is 1. The molecule has 0 radical (unpaired) electrons. The molecule has 1 amide bonds. The number of rotatable bonds is 9. The first-order chi connectivity index (χ1) is 10.1. The molecular formula is C15H21NO4S. The van der Waals surface area contributed by atoms with Crippen molar-refractivity contribution < 1.29 is 19.4 Å². The number of thioether (sulfide) groups is 1. The van der Waals surface area contributed by atoms with E-state index < -0.39 is 5.97 Å². The van der Waals surface area contributed by atoms with Crippen LogP contribution in [0.5, 0.6) is 0 Å². The van der Waals surface area contributed by atoms with Gasteiger partial charge in [-0.15, -0.1) is 11.8 Å². The molecule has 0 unspecified atom stereocenters. The van der Waals surface area contributed by atoms with Crippen LogP contribution in [0.4, 0.5) is 5.69 Å². The third kappa shape index (κ3) is 6.18. The van der Waals surface area contributed by atoms with Crippen LogP contribution in [0.15, 0.2) is 24.3 Å². The molecule has 1 aromatic carbocycles. The Morgan fingerprint density at radius 1 is 1.33 bits per heavy atom. The van der Waals surface area contributed by atoms with Crippen molar-refractivity contribution in [3.63, 3.8) is 0 Å².